The van der Waals surface area contributed by atoms with Gasteiger partial charge >= 0.3 is 0 Å². The van der Waals surface area contributed by atoms with E-state index in [2.05, 4.69) is 25.4 Å². The first-order valence-corrected chi connectivity index (χ1v) is 14.8. The molecule has 14 heteroatoms. The summed E-state index contributed by atoms with van der Waals surface area (Å²) < 4.78 is 17.4. The minimum absolute atomic E-state index is 0.0453. The number of imide groups is 1. The highest BCUT2D eigenvalue weighted by Gasteiger charge is 2.29. The van der Waals surface area contributed by atoms with Crippen LogP contribution in [0, 0.1) is 10.1 Å². The van der Waals surface area contributed by atoms with Gasteiger partial charge < -0.3 is 19.1 Å². The summed E-state index contributed by atoms with van der Waals surface area (Å²) in [5, 5.41) is 28.5. The van der Waals surface area contributed by atoms with E-state index in [0.29, 0.717) is 40.0 Å². The molecule has 3 aromatic rings. The van der Waals surface area contributed by atoms with Crippen molar-refractivity contribution < 1.29 is 28.7 Å². The molecule has 0 spiro atoms. The van der Waals surface area contributed by atoms with Gasteiger partial charge in [-0.15, -0.1) is 15.3 Å². The highest BCUT2D eigenvalue weighted by molar-refractivity contribution is 6.12. The maximum Gasteiger partial charge on any atom is 0.269 e. The third-order valence-electron chi connectivity index (χ3n) is 7.99. The fraction of sp³-hybridized carbons (Fsp3) is 0.312. The normalized spacial score (nSPS) is 15.6. The van der Waals surface area contributed by atoms with Gasteiger partial charge in [0.2, 0.25) is 0 Å². The van der Waals surface area contributed by atoms with Crippen molar-refractivity contribution in [2.75, 3.05) is 45.4 Å². The Kier molecular flexibility index (Phi) is 8.68. The molecular formula is C32H31N7O7. The quantitative estimate of drug-likeness (QED) is 0.102. The molecule has 236 valence electrons. The summed E-state index contributed by atoms with van der Waals surface area (Å²) in [6, 6.07) is 10.9. The monoisotopic (exact) mass is 625 g/mol. The van der Waals surface area contributed by atoms with Crippen LogP contribution in [0.2, 0.25) is 0 Å². The van der Waals surface area contributed by atoms with Crippen molar-refractivity contribution in [1.29, 1.82) is 0 Å². The number of benzene rings is 3. The molecule has 46 heavy (non-hydrogen) atoms. The molecule has 0 radical (unpaired) electrons. The Labute approximate surface area is 264 Å². The number of anilines is 1. The number of carbonyl (C=O) groups is 2. The minimum Gasteiger partial charge on any atom is -0.494 e. The van der Waals surface area contributed by atoms with Gasteiger partial charge in [0.25, 0.3) is 17.5 Å². The Balaban J connectivity index is 1.31. The molecule has 0 unspecified atom stereocenters. The molecule has 0 atom stereocenters. The van der Waals surface area contributed by atoms with Crippen LogP contribution < -0.4 is 19.1 Å². The van der Waals surface area contributed by atoms with Crippen molar-refractivity contribution in [3.8, 4) is 17.2 Å². The topological polar surface area (TPSA) is 161 Å². The number of nitrogens with zero attached hydrogens (tertiary/aromatic N) is 7. The third-order valence-corrected chi connectivity index (χ3v) is 7.99. The molecule has 14 nitrogen and oxygen atoms in total. The van der Waals surface area contributed by atoms with Crippen molar-refractivity contribution >= 4 is 45.9 Å². The first kappa shape index (κ1) is 30.4. The summed E-state index contributed by atoms with van der Waals surface area (Å²) in [5.74, 6) is 0.599. The number of non-ortho nitro benzene ring substituents is 1. The van der Waals surface area contributed by atoms with Crippen LogP contribution in [0.25, 0.3) is 0 Å². The Morgan fingerprint density at radius 3 is 2.07 bits per heavy atom. The lowest BCUT2D eigenvalue weighted by Gasteiger charge is -2.37. The number of nitro benzene ring substituents is 1. The molecule has 6 rings (SSSR count). The summed E-state index contributed by atoms with van der Waals surface area (Å²) in [6.07, 6.45) is 6.24. The summed E-state index contributed by atoms with van der Waals surface area (Å²) in [6.45, 7) is 2.18. The minimum atomic E-state index is -0.484. The number of hydrogen-bond donors (Lipinski definition) is 0. The van der Waals surface area contributed by atoms with Crippen molar-refractivity contribution in [1.82, 2.24) is 4.90 Å². The zero-order valence-corrected chi connectivity index (χ0v) is 25.3. The van der Waals surface area contributed by atoms with E-state index in [1.807, 2.05) is 6.07 Å². The van der Waals surface area contributed by atoms with Crippen molar-refractivity contribution in [3.63, 3.8) is 0 Å². The molecule has 0 fully saturated rings. The number of amides is 2. The lowest BCUT2D eigenvalue weighted by Crippen LogP contribution is -2.35. The zero-order chi connectivity index (χ0) is 32.2. The number of hydrogen-bond acceptors (Lipinski definition) is 12. The number of methoxy groups -OCH3 is 2. The van der Waals surface area contributed by atoms with Gasteiger partial charge in [0.05, 0.1) is 31.4 Å². The van der Waals surface area contributed by atoms with Gasteiger partial charge in [-0.25, -0.2) is 0 Å². The Hall–Kier alpha value is -5.66. The van der Waals surface area contributed by atoms with Crippen LogP contribution in [0.1, 0.15) is 24.0 Å². The summed E-state index contributed by atoms with van der Waals surface area (Å²) in [4.78, 5) is 38.1. The second kappa shape index (κ2) is 13.1. The number of azo groups is 2. The number of nitro groups is 1. The van der Waals surface area contributed by atoms with E-state index >= 15 is 0 Å². The lowest BCUT2D eigenvalue weighted by molar-refractivity contribution is -0.384. The number of ether oxygens (including phenoxy) is 3. The van der Waals surface area contributed by atoms with Gasteiger partial charge in [-0.2, -0.15) is 5.11 Å². The van der Waals surface area contributed by atoms with E-state index in [0.717, 1.165) is 49.2 Å². The molecule has 0 aromatic heterocycles. The van der Waals surface area contributed by atoms with Crippen LogP contribution in [0.15, 0.2) is 75.1 Å². The van der Waals surface area contributed by atoms with E-state index in [1.54, 1.807) is 12.1 Å². The maximum absolute atomic E-state index is 12.1. The summed E-state index contributed by atoms with van der Waals surface area (Å²) in [7, 11) is 2.99. The highest BCUT2D eigenvalue weighted by atomic mass is 16.6. The molecule has 0 saturated carbocycles. The molecule has 0 aliphatic carbocycles. The molecule has 0 saturated heterocycles. The predicted molar refractivity (Wildman–Crippen MR) is 168 cm³/mol. The molecule has 2 amide bonds. The van der Waals surface area contributed by atoms with Crippen LogP contribution in [-0.2, 0) is 22.4 Å². The first-order valence-electron chi connectivity index (χ1n) is 14.8. The summed E-state index contributed by atoms with van der Waals surface area (Å²) >= 11 is 0. The van der Waals surface area contributed by atoms with Gasteiger partial charge in [0, 0.05) is 60.8 Å². The zero-order valence-electron chi connectivity index (χ0n) is 25.3. The fourth-order valence-electron chi connectivity index (χ4n) is 5.82. The van der Waals surface area contributed by atoms with E-state index < -0.39 is 4.92 Å². The standard InChI is InChI=1S/C32H31N7O7/c1-44-27-19-25(28(45-2)18-24(27)34-33-21-7-9-22(10-8-21)39(42)43)35-36-26-17-20-5-3-13-37-14-4-6-23(31(20)37)32(26)46-16-15-38-29(40)11-12-30(38)41/h7-12,17-19H,3-6,13-16H2,1-2H3/b34-33+,36-35+. The average molecular weight is 626 g/mol. The van der Waals surface area contributed by atoms with Crippen LogP contribution >= 0.6 is 0 Å². The van der Waals surface area contributed by atoms with Crippen LogP contribution in [0.5, 0.6) is 17.2 Å². The van der Waals surface area contributed by atoms with Crippen LogP contribution in [0.3, 0.4) is 0 Å². The fourth-order valence-corrected chi connectivity index (χ4v) is 5.82. The van der Waals surface area contributed by atoms with Gasteiger partial charge in [-0.05, 0) is 49.4 Å². The second-order valence-electron chi connectivity index (χ2n) is 10.8. The summed E-state index contributed by atoms with van der Waals surface area (Å²) in [5.41, 5.74) is 5.08. The lowest BCUT2D eigenvalue weighted by atomic mass is 9.90. The van der Waals surface area contributed by atoms with E-state index in [9.17, 15) is 19.7 Å². The third kappa shape index (κ3) is 6.14. The SMILES string of the molecule is COc1cc(/N=N/c2cc3c4c(c2OCCN2C(=O)C=CC2=O)CCCN4CCC3)c(OC)cc1/N=N/c1ccc([N+](=O)[O-])cc1. The highest BCUT2D eigenvalue weighted by Crippen LogP contribution is 2.47. The Morgan fingerprint density at radius 1 is 0.826 bits per heavy atom. The second-order valence-corrected chi connectivity index (χ2v) is 10.8. The van der Waals surface area contributed by atoms with E-state index in [1.165, 1.54) is 61.9 Å². The van der Waals surface area contributed by atoms with Gasteiger partial charge in [0.15, 0.2) is 5.75 Å². The van der Waals surface area contributed by atoms with Gasteiger partial charge in [-0.3, -0.25) is 24.6 Å². The molecule has 0 N–H and O–H groups in total. The number of carbonyl (C=O) groups excluding carboxylic acids is 2. The van der Waals surface area contributed by atoms with Crippen molar-refractivity contribution in [2.45, 2.75) is 25.7 Å². The van der Waals surface area contributed by atoms with Crippen LogP contribution in [0.4, 0.5) is 34.1 Å². The maximum atomic E-state index is 12.1. The smallest absolute Gasteiger partial charge is 0.269 e. The molecule has 0 bridgehead atoms. The predicted octanol–water partition coefficient (Wildman–Crippen LogP) is 6.45. The van der Waals surface area contributed by atoms with Crippen molar-refractivity contribution in [3.05, 3.63) is 75.9 Å². The van der Waals surface area contributed by atoms with Gasteiger partial charge in [0.1, 0.15) is 35.2 Å². The molecule has 3 aliphatic heterocycles. The average Bonchev–Trinajstić information content (AvgIpc) is 3.40. The number of rotatable bonds is 11. The number of aryl methyl sites for hydroxylation is 1. The van der Waals surface area contributed by atoms with Gasteiger partial charge in [-0.1, -0.05) is 0 Å². The Morgan fingerprint density at radius 2 is 1.43 bits per heavy atom. The Bertz CT molecular complexity index is 1770. The first-order chi connectivity index (χ1) is 22.4. The molecular weight excluding hydrogens is 594 g/mol. The molecule has 3 aromatic carbocycles. The molecule has 3 aliphatic rings. The largest absolute Gasteiger partial charge is 0.494 e. The van der Waals surface area contributed by atoms with Crippen LogP contribution in [-0.4, -0.2) is 62.1 Å². The van der Waals surface area contributed by atoms with E-state index in [4.69, 9.17) is 14.2 Å². The van der Waals surface area contributed by atoms with E-state index in [-0.39, 0.29) is 30.7 Å². The van der Waals surface area contributed by atoms with Crippen molar-refractivity contribution in [2.24, 2.45) is 20.5 Å². The molecule has 3 heterocycles.